The third kappa shape index (κ3) is 2.55. The molecule has 2 aliphatic heterocycles. The van der Waals surface area contributed by atoms with Crippen LogP contribution >= 0.6 is 0 Å². The van der Waals surface area contributed by atoms with E-state index in [2.05, 4.69) is 4.90 Å². The molecule has 3 unspecified atom stereocenters. The fourth-order valence-corrected chi connectivity index (χ4v) is 3.08. The number of piperidine rings is 1. The van der Waals surface area contributed by atoms with E-state index in [1.54, 1.807) is 0 Å². The van der Waals surface area contributed by atoms with Crippen LogP contribution in [0.25, 0.3) is 0 Å². The molecule has 1 aromatic carbocycles. The molecule has 5 heteroatoms. The Hall–Kier alpha value is -1.46. The molecule has 0 bridgehead atoms. The zero-order chi connectivity index (χ0) is 14.1. The van der Waals surface area contributed by atoms with Crippen LogP contribution in [0.4, 0.5) is 5.69 Å². The van der Waals surface area contributed by atoms with E-state index in [1.807, 2.05) is 25.1 Å². The van der Waals surface area contributed by atoms with E-state index in [0.717, 1.165) is 43.1 Å². The Morgan fingerprint density at radius 1 is 1.35 bits per heavy atom. The first-order valence-electron chi connectivity index (χ1n) is 7.25. The minimum absolute atomic E-state index is 0.0976. The predicted molar refractivity (Wildman–Crippen MR) is 77.2 cm³/mol. The van der Waals surface area contributed by atoms with Gasteiger partial charge in [0.15, 0.2) is 11.5 Å². The number of rotatable bonds is 3. The molecule has 3 N–H and O–H groups in total. The number of hydrogen-bond donors (Lipinski definition) is 2. The highest BCUT2D eigenvalue weighted by atomic mass is 16.7. The number of hydrogen-bond acceptors (Lipinski definition) is 5. The van der Waals surface area contributed by atoms with Gasteiger partial charge in [0.2, 0.25) is 6.79 Å². The molecule has 0 aliphatic carbocycles. The van der Waals surface area contributed by atoms with Gasteiger partial charge in [-0.3, -0.25) is 0 Å². The molecule has 1 fully saturated rings. The number of nitrogens with zero attached hydrogens (tertiary/aromatic N) is 1. The summed E-state index contributed by atoms with van der Waals surface area (Å²) in [6.45, 7) is 3.94. The minimum Gasteiger partial charge on any atom is -0.454 e. The second kappa shape index (κ2) is 5.50. The van der Waals surface area contributed by atoms with Gasteiger partial charge in [-0.2, -0.15) is 0 Å². The van der Waals surface area contributed by atoms with Gasteiger partial charge in [-0.15, -0.1) is 0 Å². The molecule has 5 nitrogen and oxygen atoms in total. The standard InChI is InChI=1S/C15H22N2O3/c1-2-13(18)10-5-11(16)8-17(7-10)12-3-4-14-15(6-12)20-9-19-14/h3-4,6,10-11,13,18H,2,5,7-9,16H2,1H3. The fourth-order valence-electron chi connectivity index (χ4n) is 3.08. The molecule has 0 amide bonds. The fraction of sp³-hybridized carbons (Fsp3) is 0.600. The molecule has 0 radical (unpaired) electrons. The Labute approximate surface area is 119 Å². The van der Waals surface area contributed by atoms with Crippen LogP contribution in [0.3, 0.4) is 0 Å². The lowest BCUT2D eigenvalue weighted by Crippen LogP contribution is -2.50. The average Bonchev–Trinajstić information content (AvgIpc) is 2.93. The maximum atomic E-state index is 10.1. The number of aliphatic hydroxyl groups excluding tert-OH is 1. The molecular formula is C15H22N2O3. The molecule has 20 heavy (non-hydrogen) atoms. The Bertz CT molecular complexity index is 480. The van der Waals surface area contributed by atoms with Gasteiger partial charge in [0.05, 0.1) is 6.10 Å². The van der Waals surface area contributed by atoms with Crippen molar-refractivity contribution in [1.29, 1.82) is 0 Å². The second-order valence-electron chi connectivity index (χ2n) is 5.67. The molecule has 1 saturated heterocycles. The zero-order valence-electron chi connectivity index (χ0n) is 11.8. The van der Waals surface area contributed by atoms with Crippen molar-refractivity contribution in [1.82, 2.24) is 0 Å². The molecule has 0 aromatic heterocycles. The normalized spacial score (nSPS) is 26.6. The molecule has 0 saturated carbocycles. The van der Waals surface area contributed by atoms with E-state index in [0.29, 0.717) is 0 Å². The molecule has 3 rings (SSSR count). The number of ether oxygens (including phenoxy) is 2. The number of benzene rings is 1. The van der Waals surface area contributed by atoms with Crippen molar-refractivity contribution in [3.8, 4) is 11.5 Å². The van der Waals surface area contributed by atoms with Crippen molar-refractivity contribution in [3.05, 3.63) is 18.2 Å². The lowest BCUT2D eigenvalue weighted by molar-refractivity contribution is 0.0902. The highest BCUT2D eigenvalue weighted by molar-refractivity contribution is 5.57. The Morgan fingerprint density at radius 3 is 2.95 bits per heavy atom. The zero-order valence-corrected chi connectivity index (χ0v) is 11.8. The van der Waals surface area contributed by atoms with Gasteiger partial charge < -0.3 is 25.2 Å². The summed E-state index contributed by atoms with van der Waals surface area (Å²) < 4.78 is 10.8. The van der Waals surface area contributed by atoms with Crippen LogP contribution in [0.2, 0.25) is 0 Å². The van der Waals surface area contributed by atoms with Gasteiger partial charge in [0.25, 0.3) is 0 Å². The van der Waals surface area contributed by atoms with Crippen molar-refractivity contribution >= 4 is 5.69 Å². The summed E-state index contributed by atoms with van der Waals surface area (Å²) in [7, 11) is 0. The van der Waals surface area contributed by atoms with Crippen LogP contribution in [-0.4, -0.2) is 37.1 Å². The van der Waals surface area contributed by atoms with Gasteiger partial charge in [-0.05, 0) is 25.0 Å². The number of anilines is 1. The van der Waals surface area contributed by atoms with Crippen molar-refractivity contribution in [2.24, 2.45) is 11.7 Å². The Balaban J connectivity index is 1.78. The van der Waals surface area contributed by atoms with Crippen molar-refractivity contribution < 1.29 is 14.6 Å². The van der Waals surface area contributed by atoms with Crippen LogP contribution in [0.1, 0.15) is 19.8 Å². The van der Waals surface area contributed by atoms with E-state index < -0.39 is 0 Å². The van der Waals surface area contributed by atoms with Gasteiger partial charge >= 0.3 is 0 Å². The first-order valence-corrected chi connectivity index (χ1v) is 7.25. The smallest absolute Gasteiger partial charge is 0.231 e. The lowest BCUT2D eigenvalue weighted by Gasteiger charge is -2.39. The molecular weight excluding hydrogens is 256 g/mol. The Kier molecular flexibility index (Phi) is 3.72. The highest BCUT2D eigenvalue weighted by Gasteiger charge is 2.30. The lowest BCUT2D eigenvalue weighted by atomic mass is 9.88. The van der Waals surface area contributed by atoms with Gasteiger partial charge in [-0.25, -0.2) is 0 Å². The monoisotopic (exact) mass is 278 g/mol. The van der Waals surface area contributed by atoms with Crippen LogP contribution in [0, 0.1) is 5.92 Å². The summed E-state index contributed by atoms with van der Waals surface area (Å²) in [4.78, 5) is 2.24. The van der Waals surface area contributed by atoms with Crippen LogP contribution in [0.5, 0.6) is 11.5 Å². The topological polar surface area (TPSA) is 68.0 Å². The Morgan fingerprint density at radius 2 is 2.15 bits per heavy atom. The summed E-state index contributed by atoms with van der Waals surface area (Å²) in [5, 5.41) is 10.1. The molecule has 110 valence electrons. The van der Waals surface area contributed by atoms with E-state index in [9.17, 15) is 5.11 Å². The maximum absolute atomic E-state index is 10.1. The molecule has 0 spiro atoms. The third-order valence-electron chi connectivity index (χ3n) is 4.20. The SMILES string of the molecule is CCC(O)C1CC(N)CN(c2ccc3c(c2)OCO3)C1. The summed E-state index contributed by atoms with van der Waals surface area (Å²) in [5.74, 6) is 1.81. The first-order chi connectivity index (χ1) is 9.67. The summed E-state index contributed by atoms with van der Waals surface area (Å²) in [5.41, 5.74) is 7.23. The number of nitrogens with two attached hydrogens (primary N) is 1. The summed E-state index contributed by atoms with van der Waals surface area (Å²) >= 11 is 0. The largest absolute Gasteiger partial charge is 0.454 e. The van der Waals surface area contributed by atoms with E-state index >= 15 is 0 Å². The maximum Gasteiger partial charge on any atom is 0.231 e. The molecule has 2 heterocycles. The van der Waals surface area contributed by atoms with Crippen LogP contribution in [0.15, 0.2) is 18.2 Å². The van der Waals surface area contributed by atoms with Crippen LogP contribution < -0.4 is 20.1 Å². The third-order valence-corrected chi connectivity index (χ3v) is 4.20. The summed E-state index contributed by atoms with van der Waals surface area (Å²) in [6.07, 6.45) is 1.38. The second-order valence-corrected chi connectivity index (χ2v) is 5.67. The molecule has 2 aliphatic rings. The van der Waals surface area contributed by atoms with Crippen LogP contribution in [-0.2, 0) is 0 Å². The van der Waals surface area contributed by atoms with Gasteiger partial charge in [-0.1, -0.05) is 6.92 Å². The average molecular weight is 278 g/mol. The molecule has 1 aromatic rings. The van der Waals surface area contributed by atoms with Gasteiger partial charge in [0, 0.05) is 36.8 Å². The quantitative estimate of drug-likeness (QED) is 0.873. The van der Waals surface area contributed by atoms with Crippen molar-refractivity contribution in [3.63, 3.8) is 0 Å². The predicted octanol–water partition coefficient (Wildman–Crippen LogP) is 1.34. The number of fused-ring (bicyclic) bond motifs is 1. The highest BCUT2D eigenvalue weighted by Crippen LogP contribution is 2.36. The summed E-state index contributed by atoms with van der Waals surface area (Å²) in [6, 6.07) is 6.06. The van der Waals surface area contributed by atoms with E-state index in [4.69, 9.17) is 15.2 Å². The first kappa shape index (κ1) is 13.5. The molecule has 3 atom stereocenters. The van der Waals surface area contributed by atoms with E-state index in [1.165, 1.54) is 0 Å². The van der Waals surface area contributed by atoms with Crippen molar-refractivity contribution in [2.45, 2.75) is 31.9 Å². The van der Waals surface area contributed by atoms with Crippen molar-refractivity contribution in [2.75, 3.05) is 24.8 Å². The van der Waals surface area contributed by atoms with E-state index in [-0.39, 0.29) is 24.9 Å². The number of aliphatic hydroxyl groups is 1. The van der Waals surface area contributed by atoms with Gasteiger partial charge in [0.1, 0.15) is 0 Å². The minimum atomic E-state index is -0.280.